The van der Waals surface area contributed by atoms with Gasteiger partial charge in [0.15, 0.2) is 0 Å². The zero-order valence-electron chi connectivity index (χ0n) is 18.1. The second-order valence-corrected chi connectivity index (χ2v) is 11.2. The number of carbonyl (C=O) groups excluding carboxylic acids is 1. The molecule has 0 radical (unpaired) electrons. The molecule has 0 aliphatic carbocycles. The Morgan fingerprint density at radius 1 is 0.938 bits per heavy atom. The van der Waals surface area contributed by atoms with E-state index in [2.05, 4.69) is 14.9 Å². The smallest absolute Gasteiger partial charge is 0.243 e. The molecule has 2 N–H and O–H groups in total. The highest BCUT2D eigenvalue weighted by atomic mass is 32.2. The summed E-state index contributed by atoms with van der Waals surface area (Å²) < 4.78 is 54.6. The Kier molecular flexibility index (Phi) is 7.67. The van der Waals surface area contributed by atoms with E-state index in [1.807, 2.05) is 6.92 Å². The zero-order chi connectivity index (χ0) is 23.4. The Balaban J connectivity index is 1.68. The summed E-state index contributed by atoms with van der Waals surface area (Å²) in [7, 11) is -7.56. The van der Waals surface area contributed by atoms with Crippen LogP contribution in [0.4, 0.5) is 5.69 Å². The van der Waals surface area contributed by atoms with Crippen LogP contribution >= 0.6 is 0 Å². The molecule has 2 aromatic carbocycles. The number of nitrogens with zero attached hydrogens (tertiary/aromatic N) is 2. The van der Waals surface area contributed by atoms with Crippen molar-refractivity contribution in [2.45, 2.75) is 29.7 Å². The van der Waals surface area contributed by atoms with Crippen molar-refractivity contribution in [3.8, 4) is 0 Å². The van der Waals surface area contributed by atoms with Gasteiger partial charge in [-0.2, -0.15) is 9.03 Å². The number of hydrogen-bond acceptors (Lipinski definition) is 6. The van der Waals surface area contributed by atoms with Gasteiger partial charge in [-0.05, 0) is 43.8 Å². The highest BCUT2D eigenvalue weighted by Gasteiger charge is 2.28. The first-order valence-electron chi connectivity index (χ1n) is 10.3. The van der Waals surface area contributed by atoms with Crippen molar-refractivity contribution in [3.63, 3.8) is 0 Å². The van der Waals surface area contributed by atoms with Crippen LogP contribution in [-0.4, -0.2) is 70.7 Å². The van der Waals surface area contributed by atoms with Crippen molar-refractivity contribution < 1.29 is 21.6 Å². The number of nitrogens with one attached hydrogen (secondary N) is 2. The van der Waals surface area contributed by atoms with Gasteiger partial charge in [0.1, 0.15) is 0 Å². The largest absolute Gasteiger partial charge is 0.325 e. The van der Waals surface area contributed by atoms with Crippen LogP contribution in [0.15, 0.2) is 64.4 Å². The maximum Gasteiger partial charge on any atom is 0.243 e. The molecule has 0 aromatic heterocycles. The van der Waals surface area contributed by atoms with Crippen LogP contribution in [0.2, 0.25) is 0 Å². The van der Waals surface area contributed by atoms with Crippen LogP contribution in [0, 0.1) is 0 Å². The number of carbonyl (C=O) groups is 1. The molecule has 1 aliphatic rings. The molecule has 32 heavy (non-hydrogen) atoms. The summed E-state index contributed by atoms with van der Waals surface area (Å²) in [5.74, 6) is -0.601. The average molecular weight is 481 g/mol. The molecule has 0 bridgehead atoms. The topological polar surface area (TPSA) is 116 Å². The van der Waals surface area contributed by atoms with E-state index in [9.17, 15) is 21.6 Å². The van der Waals surface area contributed by atoms with Crippen molar-refractivity contribution in [1.29, 1.82) is 0 Å². The molecule has 0 unspecified atom stereocenters. The minimum absolute atomic E-state index is 0.0518. The second kappa shape index (κ2) is 10.1. The van der Waals surface area contributed by atoms with E-state index in [0.717, 1.165) is 6.54 Å². The summed E-state index contributed by atoms with van der Waals surface area (Å²) in [6.07, 6.45) is 0. The average Bonchev–Trinajstić information content (AvgIpc) is 2.79. The van der Waals surface area contributed by atoms with Crippen LogP contribution < -0.4 is 10.0 Å². The van der Waals surface area contributed by atoms with E-state index in [0.29, 0.717) is 26.2 Å². The molecule has 1 aliphatic heterocycles. The molecular formula is C21H28N4O5S2. The molecule has 0 spiro atoms. The van der Waals surface area contributed by atoms with Gasteiger partial charge in [0.25, 0.3) is 0 Å². The minimum Gasteiger partial charge on any atom is -0.325 e. The monoisotopic (exact) mass is 480 g/mol. The second-order valence-electron chi connectivity index (χ2n) is 7.51. The maximum absolute atomic E-state index is 13.0. The lowest BCUT2D eigenvalue weighted by molar-refractivity contribution is -0.117. The van der Waals surface area contributed by atoms with Crippen LogP contribution in [-0.2, 0) is 24.8 Å². The van der Waals surface area contributed by atoms with Gasteiger partial charge in [0, 0.05) is 31.9 Å². The molecule has 9 nitrogen and oxygen atoms in total. The third-order valence-corrected chi connectivity index (χ3v) is 8.75. The van der Waals surface area contributed by atoms with E-state index < -0.39 is 32.0 Å². The fourth-order valence-corrected chi connectivity index (χ4v) is 6.07. The minimum atomic E-state index is -3.87. The van der Waals surface area contributed by atoms with Crippen molar-refractivity contribution in [2.24, 2.45) is 0 Å². The van der Waals surface area contributed by atoms with Crippen LogP contribution in [0.5, 0.6) is 0 Å². The third kappa shape index (κ3) is 5.73. The van der Waals surface area contributed by atoms with Crippen molar-refractivity contribution >= 4 is 31.6 Å². The lowest BCUT2D eigenvalue weighted by atomic mass is 10.3. The van der Waals surface area contributed by atoms with Gasteiger partial charge in [-0.1, -0.05) is 31.2 Å². The highest BCUT2D eigenvalue weighted by molar-refractivity contribution is 7.89. The summed E-state index contributed by atoms with van der Waals surface area (Å²) in [5, 5.41) is 2.59. The summed E-state index contributed by atoms with van der Waals surface area (Å²) in [4.78, 5) is 14.9. The number of likely N-dealkylation sites (N-methyl/N-ethyl adjacent to an activating group) is 1. The van der Waals surface area contributed by atoms with Crippen LogP contribution in [0.3, 0.4) is 0 Å². The van der Waals surface area contributed by atoms with Gasteiger partial charge in [-0.25, -0.2) is 16.8 Å². The van der Waals surface area contributed by atoms with Crippen LogP contribution in [0.25, 0.3) is 0 Å². The first-order valence-corrected chi connectivity index (χ1v) is 13.3. The van der Waals surface area contributed by atoms with Crippen molar-refractivity contribution in [3.05, 3.63) is 54.6 Å². The van der Waals surface area contributed by atoms with Gasteiger partial charge in [0.05, 0.1) is 15.8 Å². The number of anilines is 1. The molecule has 1 amide bonds. The zero-order valence-corrected chi connectivity index (χ0v) is 19.7. The van der Waals surface area contributed by atoms with E-state index in [4.69, 9.17) is 0 Å². The fraction of sp³-hybridized carbons (Fsp3) is 0.381. The lowest BCUT2D eigenvalue weighted by Crippen LogP contribution is -2.48. The number of amides is 1. The SMILES string of the molecule is CCN1CCN(S(=O)(=O)c2cccc(NC(=O)[C@H](C)NS(=O)(=O)c3ccccc3)c2)CC1. The molecular weight excluding hydrogens is 452 g/mol. The van der Waals surface area contributed by atoms with E-state index in [-0.39, 0.29) is 15.5 Å². The molecule has 2 aromatic rings. The molecule has 1 saturated heterocycles. The molecule has 1 atom stereocenters. The number of rotatable bonds is 8. The highest BCUT2D eigenvalue weighted by Crippen LogP contribution is 2.21. The summed E-state index contributed by atoms with van der Waals surface area (Å²) in [5.41, 5.74) is 0.272. The Labute approximate surface area is 189 Å². The molecule has 174 valence electrons. The lowest BCUT2D eigenvalue weighted by Gasteiger charge is -2.33. The van der Waals surface area contributed by atoms with Crippen molar-refractivity contribution in [1.82, 2.24) is 13.9 Å². The van der Waals surface area contributed by atoms with Gasteiger partial charge in [-0.3, -0.25) is 4.79 Å². The Hall–Kier alpha value is -2.31. The first kappa shape index (κ1) is 24.3. The van der Waals surface area contributed by atoms with E-state index >= 15 is 0 Å². The van der Waals surface area contributed by atoms with Gasteiger partial charge >= 0.3 is 0 Å². The number of hydrogen-bond donors (Lipinski definition) is 2. The molecule has 11 heteroatoms. The Bertz CT molecular complexity index is 1150. The molecule has 1 heterocycles. The number of piperazine rings is 1. The number of benzene rings is 2. The third-order valence-electron chi connectivity index (χ3n) is 5.30. The number of sulfonamides is 2. The maximum atomic E-state index is 13.0. The summed E-state index contributed by atoms with van der Waals surface area (Å²) in [6.45, 7) is 6.50. The molecule has 3 rings (SSSR count). The van der Waals surface area contributed by atoms with Gasteiger partial charge < -0.3 is 10.2 Å². The predicted octanol–water partition coefficient (Wildman–Crippen LogP) is 1.32. The first-order chi connectivity index (χ1) is 15.1. The van der Waals surface area contributed by atoms with E-state index in [1.165, 1.54) is 35.5 Å². The predicted molar refractivity (Wildman–Crippen MR) is 122 cm³/mol. The Morgan fingerprint density at radius 3 is 2.19 bits per heavy atom. The standard InChI is InChI=1S/C21H28N4O5S2/c1-3-24-12-14-25(15-13-24)32(29,30)20-11-7-8-18(16-20)22-21(26)17(2)23-31(27,28)19-9-5-4-6-10-19/h4-11,16-17,23H,3,12-15H2,1-2H3,(H,22,26)/t17-/m0/s1. The Morgan fingerprint density at radius 2 is 1.56 bits per heavy atom. The summed E-state index contributed by atoms with van der Waals surface area (Å²) >= 11 is 0. The van der Waals surface area contributed by atoms with Gasteiger partial charge in [0.2, 0.25) is 26.0 Å². The van der Waals surface area contributed by atoms with Gasteiger partial charge in [-0.15, -0.1) is 0 Å². The molecule has 0 saturated carbocycles. The summed E-state index contributed by atoms with van der Waals surface area (Å²) in [6, 6.07) is 12.6. The quantitative estimate of drug-likeness (QED) is 0.589. The van der Waals surface area contributed by atoms with Crippen molar-refractivity contribution in [2.75, 3.05) is 38.0 Å². The van der Waals surface area contributed by atoms with E-state index in [1.54, 1.807) is 30.3 Å². The fourth-order valence-electron chi connectivity index (χ4n) is 3.37. The normalized spacial score (nSPS) is 17.1. The van der Waals surface area contributed by atoms with Crippen LogP contribution in [0.1, 0.15) is 13.8 Å². The molecule has 1 fully saturated rings.